The first-order chi connectivity index (χ1) is 8.52. The van der Waals surface area contributed by atoms with E-state index in [1.54, 1.807) is 0 Å². The van der Waals surface area contributed by atoms with E-state index in [0.29, 0.717) is 32.0 Å². The van der Waals surface area contributed by atoms with Crippen LogP contribution in [0.2, 0.25) is 0 Å². The number of hydrogen-bond acceptors (Lipinski definition) is 3. The van der Waals surface area contributed by atoms with Crippen molar-refractivity contribution in [1.82, 2.24) is 0 Å². The maximum absolute atomic E-state index is 12.6. The molecule has 1 saturated heterocycles. The third-order valence-electron chi connectivity index (χ3n) is 2.82. The average molecular weight is 258 g/mol. The number of hydrogen-bond donors (Lipinski definition) is 0. The summed E-state index contributed by atoms with van der Waals surface area (Å²) in [6, 6.07) is 3.54. The van der Waals surface area contributed by atoms with Crippen LogP contribution in [0, 0.1) is 0 Å². The Morgan fingerprint density at radius 3 is 2.44 bits per heavy atom. The Labute approximate surface area is 103 Å². The van der Waals surface area contributed by atoms with Gasteiger partial charge < -0.3 is 9.64 Å². The van der Waals surface area contributed by atoms with Crippen molar-refractivity contribution in [3.8, 4) is 0 Å². The van der Waals surface area contributed by atoms with E-state index in [0.717, 1.165) is 12.1 Å². The van der Waals surface area contributed by atoms with Gasteiger partial charge in [-0.2, -0.15) is 13.2 Å². The van der Waals surface area contributed by atoms with E-state index in [4.69, 9.17) is 4.74 Å². The molecule has 18 heavy (non-hydrogen) atoms. The summed E-state index contributed by atoms with van der Waals surface area (Å²) in [5.41, 5.74) is 0.218. The molecular formula is C12H13F3N2O. The zero-order valence-corrected chi connectivity index (χ0v) is 9.70. The van der Waals surface area contributed by atoms with Crippen LogP contribution in [0.25, 0.3) is 0 Å². The normalized spacial score (nSPS) is 16.7. The van der Waals surface area contributed by atoms with Crippen molar-refractivity contribution >= 4 is 18.1 Å². The highest BCUT2D eigenvalue weighted by Gasteiger charge is 2.31. The van der Waals surface area contributed by atoms with Crippen molar-refractivity contribution in [2.45, 2.75) is 6.18 Å². The number of nitrogens with zero attached hydrogens (tertiary/aromatic N) is 2. The van der Waals surface area contributed by atoms with Gasteiger partial charge in [0.1, 0.15) is 0 Å². The molecule has 0 atom stereocenters. The van der Waals surface area contributed by atoms with Crippen LogP contribution in [0.15, 0.2) is 23.2 Å². The van der Waals surface area contributed by atoms with Crippen LogP contribution in [-0.2, 0) is 10.9 Å². The number of rotatable bonds is 2. The molecule has 0 aromatic heterocycles. The van der Waals surface area contributed by atoms with Gasteiger partial charge in [-0.1, -0.05) is 0 Å². The number of aliphatic imine (C=N–C) groups is 1. The monoisotopic (exact) mass is 258 g/mol. The summed E-state index contributed by atoms with van der Waals surface area (Å²) in [4.78, 5) is 5.64. The summed E-state index contributed by atoms with van der Waals surface area (Å²) < 4.78 is 43.0. The van der Waals surface area contributed by atoms with Crippen molar-refractivity contribution in [2.24, 2.45) is 4.99 Å². The summed E-state index contributed by atoms with van der Waals surface area (Å²) in [6.07, 6.45) is -4.36. The van der Waals surface area contributed by atoms with Crippen LogP contribution in [-0.4, -0.2) is 33.0 Å². The van der Waals surface area contributed by atoms with E-state index in [1.165, 1.54) is 6.07 Å². The van der Waals surface area contributed by atoms with Gasteiger partial charge >= 0.3 is 6.18 Å². The van der Waals surface area contributed by atoms with E-state index < -0.39 is 11.7 Å². The maximum Gasteiger partial charge on any atom is 0.416 e. The maximum atomic E-state index is 12.6. The third kappa shape index (κ3) is 2.64. The van der Waals surface area contributed by atoms with Crippen molar-refractivity contribution in [1.29, 1.82) is 0 Å². The van der Waals surface area contributed by atoms with Crippen LogP contribution in [0.3, 0.4) is 0 Å². The van der Waals surface area contributed by atoms with Crippen molar-refractivity contribution in [3.63, 3.8) is 0 Å². The molecule has 1 aromatic rings. The van der Waals surface area contributed by atoms with Gasteiger partial charge in [0, 0.05) is 13.1 Å². The van der Waals surface area contributed by atoms with Crippen LogP contribution in [0.4, 0.5) is 24.5 Å². The van der Waals surface area contributed by atoms with Gasteiger partial charge in [-0.15, -0.1) is 0 Å². The Kier molecular flexibility index (Phi) is 3.56. The van der Waals surface area contributed by atoms with E-state index in [9.17, 15) is 13.2 Å². The molecule has 1 aliphatic heterocycles. The molecule has 0 N–H and O–H groups in total. The van der Waals surface area contributed by atoms with E-state index >= 15 is 0 Å². The number of benzene rings is 1. The predicted molar refractivity (Wildman–Crippen MR) is 63.7 cm³/mol. The first-order valence-electron chi connectivity index (χ1n) is 5.53. The van der Waals surface area contributed by atoms with Gasteiger partial charge in [0.2, 0.25) is 0 Å². The van der Waals surface area contributed by atoms with Gasteiger partial charge in [-0.25, -0.2) is 0 Å². The van der Waals surface area contributed by atoms with E-state index in [1.807, 2.05) is 4.90 Å². The van der Waals surface area contributed by atoms with Gasteiger partial charge in [0.15, 0.2) is 0 Å². The first kappa shape index (κ1) is 12.9. The Hall–Kier alpha value is -1.56. The van der Waals surface area contributed by atoms with Crippen LogP contribution >= 0.6 is 0 Å². The molecule has 0 aliphatic carbocycles. The Morgan fingerprint density at radius 1 is 1.22 bits per heavy atom. The number of morpholine rings is 1. The van der Waals surface area contributed by atoms with Gasteiger partial charge in [0.25, 0.3) is 0 Å². The van der Waals surface area contributed by atoms with Gasteiger partial charge in [-0.05, 0) is 24.9 Å². The molecule has 0 radical (unpaired) electrons. The standard InChI is InChI=1S/C12H13F3N2O/c1-16-10-8-9(12(13,14)15)2-3-11(10)17-4-6-18-7-5-17/h2-3,8H,1,4-7H2. The highest BCUT2D eigenvalue weighted by Crippen LogP contribution is 2.36. The Morgan fingerprint density at radius 2 is 1.89 bits per heavy atom. The summed E-state index contributed by atoms with van der Waals surface area (Å²) in [5.74, 6) is 0. The lowest BCUT2D eigenvalue weighted by Gasteiger charge is -2.30. The molecule has 6 heteroatoms. The molecular weight excluding hydrogens is 245 g/mol. The second kappa shape index (κ2) is 4.97. The van der Waals surface area contributed by atoms with Crippen molar-refractivity contribution < 1.29 is 17.9 Å². The second-order valence-electron chi connectivity index (χ2n) is 3.96. The highest BCUT2D eigenvalue weighted by molar-refractivity contribution is 5.70. The lowest BCUT2D eigenvalue weighted by atomic mass is 10.1. The minimum atomic E-state index is -4.36. The van der Waals surface area contributed by atoms with Gasteiger partial charge in [0.05, 0.1) is 30.2 Å². The molecule has 1 heterocycles. The molecule has 0 saturated carbocycles. The fourth-order valence-electron chi connectivity index (χ4n) is 1.90. The van der Waals surface area contributed by atoms with Gasteiger partial charge in [-0.3, -0.25) is 4.99 Å². The minimum Gasteiger partial charge on any atom is -0.378 e. The molecule has 98 valence electrons. The van der Waals surface area contributed by atoms with Crippen LogP contribution in [0.5, 0.6) is 0 Å². The Balaban J connectivity index is 2.33. The quantitative estimate of drug-likeness (QED) is 0.762. The topological polar surface area (TPSA) is 24.8 Å². The molecule has 3 nitrogen and oxygen atoms in total. The molecule has 0 unspecified atom stereocenters. The fraction of sp³-hybridized carbons (Fsp3) is 0.417. The molecule has 1 aliphatic rings. The Bertz CT molecular complexity index is 439. The predicted octanol–water partition coefficient (Wildman–Crippen LogP) is 2.87. The summed E-state index contributed by atoms with van der Waals surface area (Å²) >= 11 is 0. The van der Waals surface area contributed by atoms with E-state index in [2.05, 4.69) is 11.7 Å². The number of ether oxygens (including phenoxy) is 1. The summed E-state index contributed by atoms with van der Waals surface area (Å²) in [5, 5.41) is 0. The van der Waals surface area contributed by atoms with Crippen molar-refractivity contribution in [3.05, 3.63) is 23.8 Å². The fourth-order valence-corrected chi connectivity index (χ4v) is 1.90. The summed E-state index contributed by atoms with van der Waals surface area (Å²) in [6.45, 7) is 5.76. The number of alkyl halides is 3. The minimum absolute atomic E-state index is 0.256. The van der Waals surface area contributed by atoms with E-state index in [-0.39, 0.29) is 5.69 Å². The average Bonchev–Trinajstić information content (AvgIpc) is 2.38. The zero-order valence-electron chi connectivity index (χ0n) is 9.70. The zero-order chi connectivity index (χ0) is 13.2. The molecule has 0 amide bonds. The third-order valence-corrected chi connectivity index (χ3v) is 2.82. The molecule has 1 fully saturated rings. The number of anilines is 1. The van der Waals surface area contributed by atoms with Crippen LogP contribution in [0.1, 0.15) is 5.56 Å². The SMILES string of the molecule is C=Nc1cc(C(F)(F)F)ccc1N1CCOCC1. The first-order valence-corrected chi connectivity index (χ1v) is 5.53. The van der Waals surface area contributed by atoms with Crippen LogP contribution < -0.4 is 4.90 Å². The van der Waals surface area contributed by atoms with Crippen molar-refractivity contribution in [2.75, 3.05) is 31.2 Å². The molecule has 1 aromatic carbocycles. The highest BCUT2D eigenvalue weighted by atomic mass is 19.4. The molecule has 2 rings (SSSR count). The second-order valence-corrected chi connectivity index (χ2v) is 3.96. The smallest absolute Gasteiger partial charge is 0.378 e. The molecule has 0 spiro atoms. The summed E-state index contributed by atoms with van der Waals surface area (Å²) in [7, 11) is 0. The largest absolute Gasteiger partial charge is 0.416 e. The molecule has 0 bridgehead atoms. The lowest BCUT2D eigenvalue weighted by Crippen LogP contribution is -2.36. The lowest BCUT2D eigenvalue weighted by molar-refractivity contribution is -0.137. The number of halogens is 3.